The number of hydrogen-bond acceptors (Lipinski definition) is 5. The first-order valence-corrected chi connectivity index (χ1v) is 9.96. The molecule has 3 heterocycles. The highest BCUT2D eigenvalue weighted by Crippen LogP contribution is 2.18. The number of H-pyrrole nitrogens is 1. The Morgan fingerprint density at radius 2 is 1.87 bits per heavy atom. The van der Waals surface area contributed by atoms with Crippen molar-refractivity contribution in [2.24, 2.45) is 4.99 Å². The van der Waals surface area contributed by atoms with Crippen LogP contribution in [0.2, 0.25) is 0 Å². The lowest BCUT2D eigenvalue weighted by Gasteiger charge is -2.39. The summed E-state index contributed by atoms with van der Waals surface area (Å²) in [5, 5.41) is 10.9. The Morgan fingerprint density at radius 3 is 2.55 bits per heavy atom. The largest absolute Gasteiger partial charge is 0.427 e. The Kier molecular flexibility index (Phi) is 5.33. The Bertz CT molecular complexity index is 1230. The molecule has 9 heteroatoms. The number of fused-ring (bicyclic) bond motifs is 1. The van der Waals surface area contributed by atoms with Gasteiger partial charge in [0.05, 0.1) is 16.3 Å². The third-order valence-electron chi connectivity index (χ3n) is 5.59. The minimum atomic E-state index is -0.683. The summed E-state index contributed by atoms with van der Waals surface area (Å²) >= 11 is 0. The van der Waals surface area contributed by atoms with Crippen LogP contribution in [0, 0.1) is 0 Å². The monoisotopic (exact) mass is 421 g/mol. The van der Waals surface area contributed by atoms with Crippen LogP contribution in [0.15, 0.2) is 53.8 Å². The lowest BCUT2D eigenvalue weighted by Crippen LogP contribution is -2.56. The Balaban J connectivity index is 1.55. The van der Waals surface area contributed by atoms with Crippen LogP contribution in [0.1, 0.15) is 27.6 Å². The van der Waals surface area contributed by atoms with Gasteiger partial charge in [0.1, 0.15) is 0 Å². The zero-order valence-electron chi connectivity index (χ0n) is 17.3. The molecule has 2 N–H and O–H groups in total. The highest BCUT2D eigenvalue weighted by Gasteiger charge is 2.34. The molecule has 31 heavy (non-hydrogen) atoms. The summed E-state index contributed by atoms with van der Waals surface area (Å²) in [5.74, 6) is -1.42. The van der Waals surface area contributed by atoms with Gasteiger partial charge in [0.15, 0.2) is 5.65 Å². The summed E-state index contributed by atoms with van der Waals surface area (Å²) in [7, 11) is 1.57. The van der Waals surface area contributed by atoms with E-state index in [1.165, 1.54) is 17.3 Å². The van der Waals surface area contributed by atoms with Gasteiger partial charge in [-0.05, 0) is 25.1 Å². The van der Waals surface area contributed by atoms with Crippen LogP contribution < -0.4 is 5.36 Å². The van der Waals surface area contributed by atoms with Crippen LogP contribution in [0.5, 0.6) is 0 Å². The fraction of sp³-hybridized carbons (Fsp3) is 0.273. The van der Waals surface area contributed by atoms with Crippen LogP contribution >= 0.6 is 0 Å². The zero-order valence-corrected chi connectivity index (χ0v) is 17.3. The first kappa shape index (κ1) is 20.4. The minimum absolute atomic E-state index is 0.0933. The van der Waals surface area contributed by atoms with Crippen molar-refractivity contribution in [2.45, 2.75) is 13.0 Å². The zero-order chi connectivity index (χ0) is 22.1. The van der Waals surface area contributed by atoms with Gasteiger partial charge in [-0.1, -0.05) is 18.2 Å². The number of piperazine rings is 1. The molecule has 1 atom stereocenters. The number of nitrogens with zero attached hydrogens (tertiary/aromatic N) is 4. The number of carbonyl (C=O) groups excluding carboxylic acids is 3. The SMILES string of the molecule is CN=c1ccn(O)c2[nH]cc(C(=O)C(=O)N3CCN(C(=O)c4ccccc4)C[C@H]3C)c12. The quantitative estimate of drug-likeness (QED) is 0.377. The first-order chi connectivity index (χ1) is 14.9. The average molecular weight is 421 g/mol. The molecular formula is C22H23N5O4. The molecule has 1 aliphatic rings. The number of aromatic amines is 1. The van der Waals surface area contributed by atoms with E-state index < -0.39 is 11.7 Å². The second-order valence-electron chi connectivity index (χ2n) is 7.49. The lowest BCUT2D eigenvalue weighted by molar-refractivity contribution is -0.130. The molecule has 1 fully saturated rings. The number of Topliss-reactive ketones (excluding diaryl/α,β-unsaturated/α-hetero) is 1. The predicted molar refractivity (Wildman–Crippen MR) is 113 cm³/mol. The maximum atomic E-state index is 13.1. The minimum Gasteiger partial charge on any atom is -0.427 e. The third-order valence-corrected chi connectivity index (χ3v) is 5.59. The second kappa shape index (κ2) is 8.10. The average Bonchev–Trinajstić information content (AvgIpc) is 3.24. The van der Waals surface area contributed by atoms with E-state index in [1.807, 2.05) is 25.1 Å². The van der Waals surface area contributed by atoms with E-state index in [9.17, 15) is 19.6 Å². The standard InChI is InChI=1S/C22H23N5O4/c1-14-13-25(21(29)15-6-4-3-5-7-15)10-11-26(14)22(30)19(28)16-12-24-20-18(16)17(23-2)8-9-27(20)31/h3-9,12,14,24,31H,10-11,13H2,1-2H3/t14-/m1/s1. The highest BCUT2D eigenvalue weighted by atomic mass is 16.5. The number of ketones is 1. The molecule has 0 bridgehead atoms. The lowest BCUT2D eigenvalue weighted by atomic mass is 10.1. The number of pyridine rings is 1. The molecule has 9 nitrogen and oxygen atoms in total. The van der Waals surface area contributed by atoms with Gasteiger partial charge in [0.2, 0.25) is 0 Å². The molecule has 3 aromatic rings. The van der Waals surface area contributed by atoms with Crippen molar-refractivity contribution in [1.82, 2.24) is 19.5 Å². The van der Waals surface area contributed by atoms with E-state index in [-0.39, 0.29) is 29.7 Å². The number of rotatable bonds is 3. The summed E-state index contributed by atoms with van der Waals surface area (Å²) in [6.07, 6.45) is 2.81. The van der Waals surface area contributed by atoms with Crippen LogP contribution in [0.25, 0.3) is 11.0 Å². The topological polar surface area (TPSA) is 111 Å². The molecule has 0 spiro atoms. The summed E-state index contributed by atoms with van der Waals surface area (Å²) in [5.41, 5.74) is 1.03. The van der Waals surface area contributed by atoms with E-state index in [4.69, 9.17) is 0 Å². The van der Waals surface area contributed by atoms with E-state index in [0.29, 0.717) is 29.4 Å². The molecule has 1 aliphatic heterocycles. The highest BCUT2D eigenvalue weighted by molar-refractivity contribution is 6.44. The van der Waals surface area contributed by atoms with Gasteiger partial charge in [0, 0.05) is 50.7 Å². The number of amides is 2. The van der Waals surface area contributed by atoms with Crippen LogP contribution in [0.4, 0.5) is 0 Å². The van der Waals surface area contributed by atoms with Gasteiger partial charge >= 0.3 is 0 Å². The maximum Gasteiger partial charge on any atom is 0.295 e. The maximum absolute atomic E-state index is 13.1. The van der Waals surface area contributed by atoms with Gasteiger partial charge in [-0.15, -0.1) is 0 Å². The molecule has 4 rings (SSSR count). The summed E-state index contributed by atoms with van der Waals surface area (Å²) in [6, 6.07) is 10.2. The van der Waals surface area contributed by atoms with Gasteiger partial charge in [-0.3, -0.25) is 19.4 Å². The second-order valence-corrected chi connectivity index (χ2v) is 7.49. The fourth-order valence-electron chi connectivity index (χ4n) is 3.97. The van der Waals surface area contributed by atoms with Crippen molar-refractivity contribution < 1.29 is 19.6 Å². The first-order valence-electron chi connectivity index (χ1n) is 9.96. The van der Waals surface area contributed by atoms with Crippen molar-refractivity contribution in [3.63, 3.8) is 0 Å². The van der Waals surface area contributed by atoms with Crippen molar-refractivity contribution in [1.29, 1.82) is 0 Å². The molecule has 0 aliphatic carbocycles. The van der Waals surface area contributed by atoms with Gasteiger partial charge in [-0.2, -0.15) is 4.73 Å². The summed E-state index contributed by atoms with van der Waals surface area (Å²) < 4.78 is 0.849. The van der Waals surface area contributed by atoms with E-state index in [0.717, 1.165) is 4.73 Å². The molecule has 0 unspecified atom stereocenters. The molecular weight excluding hydrogens is 398 g/mol. The van der Waals surface area contributed by atoms with Crippen molar-refractivity contribution >= 4 is 28.6 Å². The number of hydrogen-bond donors (Lipinski definition) is 2. The van der Waals surface area contributed by atoms with Crippen LogP contribution in [-0.4, -0.2) is 75.0 Å². The fourth-order valence-corrected chi connectivity index (χ4v) is 3.97. The Morgan fingerprint density at radius 1 is 1.13 bits per heavy atom. The molecule has 1 saturated heterocycles. The van der Waals surface area contributed by atoms with E-state index in [2.05, 4.69) is 9.98 Å². The predicted octanol–water partition coefficient (Wildman–Crippen LogP) is 1.29. The smallest absolute Gasteiger partial charge is 0.295 e. The normalized spacial score (nSPS) is 17.2. The Labute approximate surface area is 178 Å². The molecule has 1 aromatic carbocycles. The number of nitrogens with one attached hydrogen (secondary N) is 1. The summed E-state index contributed by atoms with van der Waals surface area (Å²) in [4.78, 5) is 49.0. The van der Waals surface area contributed by atoms with Gasteiger partial charge < -0.3 is 20.0 Å². The Hall–Kier alpha value is -3.88. The van der Waals surface area contributed by atoms with E-state index in [1.54, 1.807) is 30.1 Å². The molecule has 0 radical (unpaired) electrons. The van der Waals surface area contributed by atoms with Crippen LogP contribution in [-0.2, 0) is 4.79 Å². The summed E-state index contributed by atoms with van der Waals surface area (Å²) in [6.45, 7) is 2.76. The van der Waals surface area contributed by atoms with Crippen molar-refractivity contribution in [3.8, 4) is 0 Å². The van der Waals surface area contributed by atoms with Crippen molar-refractivity contribution in [3.05, 3.63) is 65.3 Å². The number of benzene rings is 1. The molecule has 2 aromatic heterocycles. The van der Waals surface area contributed by atoms with E-state index >= 15 is 0 Å². The number of aromatic nitrogens is 2. The van der Waals surface area contributed by atoms with Gasteiger partial charge in [-0.25, -0.2) is 0 Å². The molecule has 160 valence electrons. The van der Waals surface area contributed by atoms with Gasteiger partial charge in [0.25, 0.3) is 17.6 Å². The third kappa shape index (κ3) is 3.58. The molecule has 0 saturated carbocycles. The number of carbonyl (C=O) groups is 3. The van der Waals surface area contributed by atoms with Crippen LogP contribution in [0.3, 0.4) is 0 Å². The van der Waals surface area contributed by atoms with Crippen molar-refractivity contribution in [2.75, 3.05) is 26.7 Å². The molecule has 2 amide bonds.